The topological polar surface area (TPSA) is 3.24 Å². The van der Waals surface area contributed by atoms with Crippen molar-refractivity contribution in [2.75, 3.05) is 25.4 Å². The van der Waals surface area contributed by atoms with Crippen LogP contribution in [0.5, 0.6) is 0 Å². The third-order valence-corrected chi connectivity index (χ3v) is 4.42. The van der Waals surface area contributed by atoms with Gasteiger partial charge in [0.05, 0.1) is 0 Å². The Kier molecular flexibility index (Phi) is 3.71. The highest BCUT2D eigenvalue weighted by Gasteiger charge is 2.23. The van der Waals surface area contributed by atoms with E-state index in [-0.39, 0.29) is 0 Å². The average Bonchev–Trinajstić information content (AvgIpc) is 2.69. The Labute approximate surface area is 96.9 Å². The molecule has 0 bridgehead atoms. The van der Waals surface area contributed by atoms with Gasteiger partial charge < -0.3 is 4.90 Å². The van der Waals surface area contributed by atoms with E-state index in [1.54, 1.807) is 5.56 Å². The maximum absolute atomic E-state index is 2.52. The normalized spacial score (nSPS) is 19.5. The van der Waals surface area contributed by atoms with Crippen molar-refractivity contribution in [2.24, 2.45) is 0 Å². The number of rotatable bonds is 4. The summed E-state index contributed by atoms with van der Waals surface area (Å²) in [4.78, 5) is 4.02. The van der Waals surface area contributed by atoms with Gasteiger partial charge in [-0.2, -0.15) is 0 Å². The Morgan fingerprint density at radius 2 is 2.00 bits per heavy atom. The van der Waals surface area contributed by atoms with Crippen LogP contribution in [0.3, 0.4) is 0 Å². The molecule has 0 aromatic heterocycles. The van der Waals surface area contributed by atoms with Crippen LogP contribution in [0.2, 0.25) is 0 Å². The fourth-order valence-electron chi connectivity index (χ4n) is 2.17. The summed E-state index contributed by atoms with van der Waals surface area (Å²) in [5.41, 5.74) is 1.56. The first-order chi connectivity index (χ1) is 7.35. The van der Waals surface area contributed by atoms with Gasteiger partial charge in [0.1, 0.15) is 0 Å². The lowest BCUT2D eigenvalue weighted by molar-refractivity contribution is 0.290. The van der Waals surface area contributed by atoms with E-state index < -0.39 is 0 Å². The van der Waals surface area contributed by atoms with Crippen LogP contribution in [0.15, 0.2) is 29.2 Å². The summed E-state index contributed by atoms with van der Waals surface area (Å²) in [5.74, 6) is 2.00. The Hall–Kier alpha value is -0.470. The lowest BCUT2D eigenvalue weighted by atomic mass is 10.0. The molecule has 2 heteroatoms. The second kappa shape index (κ2) is 5.04. The van der Waals surface area contributed by atoms with E-state index in [1.165, 1.54) is 30.3 Å². The van der Waals surface area contributed by atoms with Crippen molar-refractivity contribution >= 4 is 11.8 Å². The molecule has 1 unspecified atom stereocenters. The number of fused-ring (bicyclic) bond motifs is 1. The standard InChI is InChI=1S/C13H19NS/c1-3-14(4-2)9-11-10-15-13-8-6-5-7-12(11)13/h5-8,11H,3-4,9-10H2,1-2H3. The van der Waals surface area contributed by atoms with Gasteiger partial charge in [-0.25, -0.2) is 0 Å². The summed E-state index contributed by atoms with van der Waals surface area (Å²) in [6.45, 7) is 8.05. The van der Waals surface area contributed by atoms with Crippen molar-refractivity contribution in [3.8, 4) is 0 Å². The minimum Gasteiger partial charge on any atom is -0.303 e. The highest BCUT2D eigenvalue weighted by molar-refractivity contribution is 7.99. The van der Waals surface area contributed by atoms with Crippen LogP contribution in [-0.4, -0.2) is 30.3 Å². The molecule has 0 aliphatic carbocycles. The molecule has 0 radical (unpaired) electrons. The molecular weight excluding hydrogens is 202 g/mol. The van der Waals surface area contributed by atoms with Gasteiger partial charge in [-0.15, -0.1) is 11.8 Å². The van der Waals surface area contributed by atoms with Crippen LogP contribution in [0.4, 0.5) is 0 Å². The molecule has 0 N–H and O–H groups in total. The number of hydrogen-bond acceptors (Lipinski definition) is 2. The molecule has 0 spiro atoms. The number of benzene rings is 1. The van der Waals surface area contributed by atoms with E-state index >= 15 is 0 Å². The minimum atomic E-state index is 0.742. The predicted molar refractivity (Wildman–Crippen MR) is 67.7 cm³/mol. The monoisotopic (exact) mass is 221 g/mol. The first kappa shape index (κ1) is 11.0. The zero-order valence-electron chi connectivity index (χ0n) is 9.57. The second-order valence-corrected chi connectivity index (χ2v) is 5.09. The van der Waals surface area contributed by atoms with Crippen LogP contribution < -0.4 is 0 Å². The van der Waals surface area contributed by atoms with Gasteiger partial charge in [0.25, 0.3) is 0 Å². The largest absolute Gasteiger partial charge is 0.303 e. The van der Waals surface area contributed by atoms with E-state index in [2.05, 4.69) is 43.0 Å². The Morgan fingerprint density at radius 1 is 1.27 bits per heavy atom. The highest BCUT2D eigenvalue weighted by atomic mass is 32.2. The fraction of sp³-hybridized carbons (Fsp3) is 0.538. The van der Waals surface area contributed by atoms with E-state index in [0.29, 0.717) is 0 Å². The first-order valence-electron chi connectivity index (χ1n) is 5.79. The molecule has 1 aliphatic rings. The summed E-state index contributed by atoms with van der Waals surface area (Å²) >= 11 is 2.01. The number of likely N-dealkylation sites (N-methyl/N-ethyl adjacent to an activating group) is 1. The van der Waals surface area contributed by atoms with Crippen LogP contribution in [0, 0.1) is 0 Å². The van der Waals surface area contributed by atoms with Crippen LogP contribution >= 0.6 is 11.8 Å². The van der Waals surface area contributed by atoms with Crippen molar-refractivity contribution in [1.29, 1.82) is 0 Å². The van der Waals surface area contributed by atoms with Crippen molar-refractivity contribution < 1.29 is 0 Å². The Bertz CT molecular complexity index is 320. The molecule has 0 saturated carbocycles. The molecular formula is C13H19NS. The van der Waals surface area contributed by atoms with Gasteiger partial charge in [0.15, 0.2) is 0 Å². The lowest BCUT2D eigenvalue weighted by Gasteiger charge is -2.22. The van der Waals surface area contributed by atoms with Gasteiger partial charge in [0, 0.05) is 23.1 Å². The van der Waals surface area contributed by atoms with Gasteiger partial charge in [-0.05, 0) is 24.7 Å². The number of thioether (sulfide) groups is 1. The molecule has 15 heavy (non-hydrogen) atoms. The van der Waals surface area contributed by atoms with Gasteiger partial charge in [-0.1, -0.05) is 32.0 Å². The average molecular weight is 221 g/mol. The van der Waals surface area contributed by atoms with Crippen molar-refractivity contribution in [3.63, 3.8) is 0 Å². The molecule has 1 aromatic carbocycles. The minimum absolute atomic E-state index is 0.742. The molecule has 1 nitrogen and oxygen atoms in total. The van der Waals surface area contributed by atoms with Gasteiger partial charge in [0.2, 0.25) is 0 Å². The van der Waals surface area contributed by atoms with Crippen LogP contribution in [0.25, 0.3) is 0 Å². The lowest BCUT2D eigenvalue weighted by Crippen LogP contribution is -2.28. The maximum Gasteiger partial charge on any atom is 0.0108 e. The van der Waals surface area contributed by atoms with Gasteiger partial charge in [-0.3, -0.25) is 0 Å². The molecule has 1 atom stereocenters. The van der Waals surface area contributed by atoms with E-state index in [4.69, 9.17) is 0 Å². The number of hydrogen-bond donors (Lipinski definition) is 0. The summed E-state index contributed by atoms with van der Waals surface area (Å²) in [6.07, 6.45) is 0. The van der Waals surface area contributed by atoms with Crippen LogP contribution in [0.1, 0.15) is 25.3 Å². The van der Waals surface area contributed by atoms with Crippen molar-refractivity contribution in [3.05, 3.63) is 29.8 Å². The second-order valence-electron chi connectivity index (χ2n) is 4.03. The third kappa shape index (κ3) is 2.37. The van der Waals surface area contributed by atoms with Crippen molar-refractivity contribution in [1.82, 2.24) is 4.90 Å². The summed E-state index contributed by atoms with van der Waals surface area (Å²) < 4.78 is 0. The fourth-order valence-corrected chi connectivity index (χ4v) is 3.42. The highest BCUT2D eigenvalue weighted by Crippen LogP contribution is 2.39. The molecule has 1 aromatic rings. The molecule has 0 amide bonds. The summed E-state index contributed by atoms with van der Waals surface area (Å²) in [7, 11) is 0. The molecule has 82 valence electrons. The van der Waals surface area contributed by atoms with E-state index in [1.807, 2.05) is 11.8 Å². The van der Waals surface area contributed by atoms with Gasteiger partial charge >= 0.3 is 0 Å². The molecule has 2 rings (SSSR count). The Morgan fingerprint density at radius 3 is 2.73 bits per heavy atom. The molecule has 0 fully saturated rings. The Balaban J connectivity index is 2.07. The quantitative estimate of drug-likeness (QED) is 0.768. The van der Waals surface area contributed by atoms with E-state index in [0.717, 1.165) is 5.92 Å². The molecule has 1 heterocycles. The van der Waals surface area contributed by atoms with E-state index in [9.17, 15) is 0 Å². The summed E-state index contributed by atoms with van der Waals surface area (Å²) in [5, 5.41) is 0. The molecule has 0 saturated heterocycles. The zero-order valence-corrected chi connectivity index (χ0v) is 10.4. The predicted octanol–water partition coefficient (Wildman–Crippen LogP) is 3.22. The maximum atomic E-state index is 2.52. The third-order valence-electron chi connectivity index (χ3n) is 3.17. The van der Waals surface area contributed by atoms with Crippen LogP contribution in [-0.2, 0) is 0 Å². The number of nitrogens with zero attached hydrogens (tertiary/aromatic N) is 1. The smallest absolute Gasteiger partial charge is 0.0108 e. The SMILES string of the molecule is CCN(CC)CC1CSc2ccccc21. The summed E-state index contributed by atoms with van der Waals surface area (Å²) in [6, 6.07) is 8.86. The molecule has 1 aliphatic heterocycles. The van der Waals surface area contributed by atoms with Crippen molar-refractivity contribution in [2.45, 2.75) is 24.7 Å². The first-order valence-corrected chi connectivity index (χ1v) is 6.77. The zero-order chi connectivity index (χ0) is 10.7.